The molecular formula is C17H14ClN3O2S2. The topological polar surface area (TPSA) is 63.2 Å². The van der Waals surface area contributed by atoms with Gasteiger partial charge in [-0.25, -0.2) is 9.78 Å². The molecule has 0 spiro atoms. The molecule has 0 aliphatic heterocycles. The Bertz CT molecular complexity index is 972. The fourth-order valence-corrected chi connectivity index (χ4v) is 3.95. The number of esters is 1. The van der Waals surface area contributed by atoms with Crippen molar-refractivity contribution < 1.29 is 9.53 Å². The van der Waals surface area contributed by atoms with Crippen molar-refractivity contribution in [3.63, 3.8) is 0 Å². The molecule has 0 atom stereocenters. The van der Waals surface area contributed by atoms with Gasteiger partial charge >= 0.3 is 5.97 Å². The average molecular weight is 392 g/mol. The Hall–Kier alpha value is -2.22. The lowest BCUT2D eigenvalue weighted by atomic mass is 10.2. The number of nitrogens with one attached hydrogen (secondary N) is 2. The van der Waals surface area contributed by atoms with Crippen LogP contribution in [0.4, 0.5) is 11.5 Å². The van der Waals surface area contributed by atoms with Crippen LogP contribution in [0.25, 0.3) is 10.1 Å². The van der Waals surface area contributed by atoms with Crippen LogP contribution in [0.5, 0.6) is 0 Å². The molecule has 0 aliphatic rings. The molecule has 2 aromatic heterocycles. The minimum Gasteiger partial charge on any atom is -0.465 e. The molecule has 0 saturated heterocycles. The zero-order chi connectivity index (χ0) is 18.0. The number of hydrogen-bond donors (Lipinski definition) is 2. The molecule has 1 aromatic carbocycles. The van der Waals surface area contributed by atoms with Crippen molar-refractivity contribution in [2.45, 2.75) is 6.92 Å². The number of anilines is 2. The summed E-state index contributed by atoms with van der Waals surface area (Å²) < 4.78 is 5.62. The summed E-state index contributed by atoms with van der Waals surface area (Å²) in [7, 11) is 1.33. The number of rotatable bonds is 3. The smallest absolute Gasteiger partial charge is 0.349 e. The minimum absolute atomic E-state index is 0.390. The number of nitrogens with zero attached hydrogens (tertiary/aromatic N) is 1. The first-order valence-corrected chi connectivity index (χ1v) is 8.90. The summed E-state index contributed by atoms with van der Waals surface area (Å²) in [5, 5.41) is 7.77. The molecule has 0 bridgehead atoms. The number of fused-ring (bicyclic) bond motifs is 1. The van der Waals surface area contributed by atoms with Crippen LogP contribution in [-0.4, -0.2) is 23.2 Å². The number of aromatic nitrogens is 1. The van der Waals surface area contributed by atoms with Crippen molar-refractivity contribution in [3.8, 4) is 0 Å². The summed E-state index contributed by atoms with van der Waals surface area (Å²) in [6.07, 6.45) is 0. The number of pyridine rings is 1. The third-order valence-corrected chi connectivity index (χ3v) is 5.23. The average Bonchev–Trinajstić information content (AvgIpc) is 2.90. The Morgan fingerprint density at radius 2 is 2.08 bits per heavy atom. The number of halogens is 1. The highest BCUT2D eigenvalue weighted by Crippen LogP contribution is 2.37. The number of aryl methyl sites for hydroxylation is 1. The van der Waals surface area contributed by atoms with Crippen LogP contribution in [0.15, 0.2) is 36.4 Å². The van der Waals surface area contributed by atoms with Gasteiger partial charge in [-0.1, -0.05) is 17.7 Å². The van der Waals surface area contributed by atoms with Crippen LogP contribution < -0.4 is 10.6 Å². The van der Waals surface area contributed by atoms with Gasteiger partial charge in [-0.15, -0.1) is 11.3 Å². The first-order valence-electron chi connectivity index (χ1n) is 7.30. The Labute approximate surface area is 159 Å². The molecule has 0 radical (unpaired) electrons. The molecule has 25 heavy (non-hydrogen) atoms. The van der Waals surface area contributed by atoms with Gasteiger partial charge < -0.3 is 15.4 Å². The molecule has 0 fully saturated rings. The van der Waals surface area contributed by atoms with Crippen molar-refractivity contribution >= 4 is 67.8 Å². The number of carbonyl (C=O) groups excluding carboxylic acids is 1. The van der Waals surface area contributed by atoms with Crippen LogP contribution in [0, 0.1) is 6.92 Å². The maximum absolute atomic E-state index is 11.7. The monoisotopic (exact) mass is 391 g/mol. The third kappa shape index (κ3) is 3.89. The molecule has 0 saturated carbocycles. The Morgan fingerprint density at radius 3 is 2.80 bits per heavy atom. The maximum Gasteiger partial charge on any atom is 0.349 e. The van der Waals surface area contributed by atoms with Gasteiger partial charge in [-0.3, -0.25) is 0 Å². The van der Waals surface area contributed by atoms with Crippen molar-refractivity contribution in [1.82, 2.24) is 4.98 Å². The van der Waals surface area contributed by atoms with E-state index in [0.29, 0.717) is 20.8 Å². The second kappa shape index (κ2) is 7.35. The number of ether oxygens (including phenoxy) is 1. The van der Waals surface area contributed by atoms with E-state index in [0.717, 1.165) is 21.5 Å². The van der Waals surface area contributed by atoms with Crippen molar-refractivity contribution in [3.05, 3.63) is 52.0 Å². The fraction of sp³-hybridized carbons (Fsp3) is 0.118. The molecule has 2 heterocycles. The van der Waals surface area contributed by atoms with E-state index in [1.807, 2.05) is 43.3 Å². The Balaban J connectivity index is 1.80. The molecular weight excluding hydrogens is 378 g/mol. The summed E-state index contributed by atoms with van der Waals surface area (Å²) in [6.45, 7) is 1.91. The van der Waals surface area contributed by atoms with Gasteiger partial charge in [0, 0.05) is 21.5 Å². The molecule has 0 amide bonds. The first-order chi connectivity index (χ1) is 12.0. The highest BCUT2D eigenvalue weighted by atomic mass is 35.5. The van der Waals surface area contributed by atoms with Crippen LogP contribution >= 0.6 is 35.2 Å². The minimum atomic E-state index is -0.441. The molecule has 128 valence electrons. The summed E-state index contributed by atoms with van der Waals surface area (Å²) in [5.74, 6) is 0.231. The molecule has 3 rings (SSSR count). The fourth-order valence-electron chi connectivity index (χ4n) is 2.26. The van der Waals surface area contributed by atoms with E-state index in [1.54, 1.807) is 0 Å². The molecule has 8 heteroatoms. The van der Waals surface area contributed by atoms with Crippen molar-refractivity contribution in [2.75, 3.05) is 17.7 Å². The summed E-state index contributed by atoms with van der Waals surface area (Å²) in [4.78, 5) is 16.5. The van der Waals surface area contributed by atoms with Crippen LogP contribution in [0.1, 0.15) is 15.4 Å². The van der Waals surface area contributed by atoms with E-state index in [4.69, 9.17) is 28.6 Å². The van der Waals surface area contributed by atoms with Crippen molar-refractivity contribution in [1.29, 1.82) is 0 Å². The van der Waals surface area contributed by atoms with Crippen molar-refractivity contribution in [2.24, 2.45) is 0 Å². The number of methoxy groups -OCH3 is 1. The number of benzene rings is 1. The van der Waals surface area contributed by atoms with E-state index in [2.05, 4.69) is 15.6 Å². The molecule has 5 nitrogen and oxygen atoms in total. The summed E-state index contributed by atoms with van der Waals surface area (Å²) >= 11 is 12.9. The normalized spacial score (nSPS) is 10.5. The highest BCUT2D eigenvalue weighted by molar-refractivity contribution is 7.80. The second-order valence-corrected chi connectivity index (χ2v) is 7.03. The Kier molecular flexibility index (Phi) is 5.17. The third-order valence-electron chi connectivity index (χ3n) is 3.39. The van der Waals surface area contributed by atoms with E-state index in [-0.39, 0.29) is 0 Å². The highest BCUT2D eigenvalue weighted by Gasteiger charge is 2.17. The van der Waals surface area contributed by atoms with Gasteiger partial charge in [0.25, 0.3) is 0 Å². The molecule has 3 aromatic rings. The van der Waals surface area contributed by atoms with E-state index in [1.165, 1.54) is 18.4 Å². The lowest BCUT2D eigenvalue weighted by molar-refractivity contribution is 0.0606. The zero-order valence-electron chi connectivity index (χ0n) is 13.4. The zero-order valence-corrected chi connectivity index (χ0v) is 15.8. The van der Waals surface area contributed by atoms with Gasteiger partial charge in [0.2, 0.25) is 0 Å². The standard InChI is InChI=1S/C17H14ClN3O2S2/c1-9-4-3-5-13(19-9)21-17(24)20-10-6-7-11-12(8-10)25-15(14(11)18)16(22)23-2/h3-8H,1-2H3,(H2,19,20,21,24). The number of thiophene rings is 1. The van der Waals surface area contributed by atoms with Crippen LogP contribution in [0.3, 0.4) is 0 Å². The number of hydrogen-bond acceptors (Lipinski definition) is 5. The van der Waals surface area contributed by atoms with Gasteiger partial charge in [-0.2, -0.15) is 0 Å². The molecule has 0 aliphatic carbocycles. The quantitative estimate of drug-likeness (QED) is 0.491. The van der Waals surface area contributed by atoms with E-state index in [9.17, 15) is 4.79 Å². The van der Waals surface area contributed by atoms with Crippen LogP contribution in [-0.2, 0) is 4.74 Å². The second-order valence-electron chi connectivity index (χ2n) is 5.19. The first kappa shape index (κ1) is 17.6. The molecule has 0 unspecified atom stereocenters. The lowest BCUT2D eigenvalue weighted by Crippen LogP contribution is -2.19. The van der Waals surface area contributed by atoms with Gasteiger partial charge in [0.05, 0.1) is 12.1 Å². The largest absolute Gasteiger partial charge is 0.465 e. The van der Waals surface area contributed by atoms with Gasteiger partial charge in [0.15, 0.2) is 5.11 Å². The van der Waals surface area contributed by atoms with E-state index < -0.39 is 5.97 Å². The predicted octanol–water partition coefficient (Wildman–Crippen LogP) is 4.85. The predicted molar refractivity (Wildman–Crippen MR) is 107 cm³/mol. The van der Waals surface area contributed by atoms with E-state index >= 15 is 0 Å². The Morgan fingerprint density at radius 1 is 1.28 bits per heavy atom. The SMILES string of the molecule is COC(=O)c1sc2cc(NC(=S)Nc3cccc(C)n3)ccc2c1Cl. The number of thiocarbonyl (C=S) groups is 1. The summed E-state index contributed by atoms with van der Waals surface area (Å²) in [6, 6.07) is 11.2. The van der Waals surface area contributed by atoms with Gasteiger partial charge in [-0.05, 0) is 49.5 Å². The molecule has 2 N–H and O–H groups in total. The summed E-state index contributed by atoms with van der Waals surface area (Å²) in [5.41, 5.74) is 1.68. The number of carbonyl (C=O) groups is 1. The lowest BCUT2D eigenvalue weighted by Gasteiger charge is -2.10. The van der Waals surface area contributed by atoms with Gasteiger partial charge in [0.1, 0.15) is 10.7 Å². The van der Waals surface area contributed by atoms with Crippen LogP contribution in [0.2, 0.25) is 5.02 Å². The maximum atomic E-state index is 11.7.